The van der Waals surface area contributed by atoms with Crippen LogP contribution in [0.5, 0.6) is 0 Å². The van der Waals surface area contributed by atoms with Crippen LogP contribution in [0.25, 0.3) is 0 Å². The van der Waals surface area contributed by atoms with Crippen LogP contribution in [0, 0.1) is 5.92 Å². The van der Waals surface area contributed by atoms with Gasteiger partial charge in [-0.3, -0.25) is 4.79 Å². The molecule has 0 heterocycles. The van der Waals surface area contributed by atoms with E-state index in [1.165, 1.54) is 6.92 Å². The summed E-state index contributed by atoms with van der Waals surface area (Å²) >= 11 is 0. The second kappa shape index (κ2) is 6.10. The lowest BCUT2D eigenvalue weighted by Gasteiger charge is -2.11. The Balaban J connectivity index is 4.12. The van der Waals surface area contributed by atoms with Crippen molar-refractivity contribution in [1.82, 2.24) is 0 Å². The molecular weight excluding hydrogens is 216 g/mol. The van der Waals surface area contributed by atoms with Crippen molar-refractivity contribution in [2.45, 2.75) is 45.3 Å². The molecular formula is C10H20O4S. The zero-order chi connectivity index (χ0) is 12.1. The zero-order valence-corrected chi connectivity index (χ0v) is 10.4. The maximum absolute atomic E-state index is 11.6. The number of aliphatic carboxylic acids is 1. The lowest BCUT2D eigenvalue weighted by atomic mass is 10.1. The predicted molar refractivity (Wildman–Crippen MR) is 59.6 cm³/mol. The van der Waals surface area contributed by atoms with Crippen molar-refractivity contribution in [1.29, 1.82) is 0 Å². The number of sulfone groups is 1. The van der Waals surface area contributed by atoms with Crippen molar-refractivity contribution in [3.63, 3.8) is 0 Å². The van der Waals surface area contributed by atoms with Gasteiger partial charge in [0, 0.05) is 0 Å². The van der Waals surface area contributed by atoms with E-state index in [1.54, 1.807) is 0 Å². The van der Waals surface area contributed by atoms with Crippen LogP contribution < -0.4 is 0 Å². The molecule has 0 bridgehead atoms. The van der Waals surface area contributed by atoms with Crippen LogP contribution in [-0.2, 0) is 14.6 Å². The molecule has 0 spiro atoms. The lowest BCUT2D eigenvalue weighted by Crippen LogP contribution is -2.24. The summed E-state index contributed by atoms with van der Waals surface area (Å²) in [4.78, 5) is 10.4. The average molecular weight is 236 g/mol. The van der Waals surface area contributed by atoms with Crippen LogP contribution in [0.2, 0.25) is 0 Å². The van der Waals surface area contributed by atoms with Crippen molar-refractivity contribution in [2.75, 3.05) is 5.75 Å². The van der Waals surface area contributed by atoms with Gasteiger partial charge in [-0.1, -0.05) is 20.3 Å². The minimum atomic E-state index is -3.23. The van der Waals surface area contributed by atoms with Gasteiger partial charge in [-0.25, -0.2) is 8.42 Å². The predicted octanol–water partition coefficient (Wildman–Crippen LogP) is 1.70. The van der Waals surface area contributed by atoms with E-state index in [0.29, 0.717) is 12.3 Å². The average Bonchev–Trinajstić information content (AvgIpc) is 2.01. The highest BCUT2D eigenvalue weighted by atomic mass is 32.2. The molecule has 0 aliphatic heterocycles. The number of rotatable bonds is 7. The van der Waals surface area contributed by atoms with Crippen LogP contribution >= 0.6 is 0 Å². The summed E-state index contributed by atoms with van der Waals surface area (Å²) in [5.41, 5.74) is 0. The fourth-order valence-corrected chi connectivity index (χ4v) is 2.63. The Morgan fingerprint density at radius 2 is 1.80 bits per heavy atom. The minimum absolute atomic E-state index is 0.0969. The van der Waals surface area contributed by atoms with Gasteiger partial charge in [0.25, 0.3) is 0 Å². The van der Waals surface area contributed by atoms with Gasteiger partial charge in [0.1, 0.15) is 0 Å². The van der Waals surface area contributed by atoms with Crippen molar-refractivity contribution < 1.29 is 18.3 Å². The Kier molecular flexibility index (Phi) is 5.87. The first kappa shape index (κ1) is 14.4. The highest BCUT2D eigenvalue weighted by molar-refractivity contribution is 7.92. The van der Waals surface area contributed by atoms with Crippen LogP contribution in [0.15, 0.2) is 0 Å². The van der Waals surface area contributed by atoms with Gasteiger partial charge >= 0.3 is 5.97 Å². The fraction of sp³-hybridized carbons (Fsp3) is 0.900. The molecule has 5 heteroatoms. The van der Waals surface area contributed by atoms with Gasteiger partial charge in [0.15, 0.2) is 9.84 Å². The zero-order valence-electron chi connectivity index (χ0n) is 9.56. The first-order valence-electron chi connectivity index (χ1n) is 5.19. The van der Waals surface area contributed by atoms with Crippen molar-refractivity contribution in [2.24, 2.45) is 5.92 Å². The maximum atomic E-state index is 11.6. The quantitative estimate of drug-likeness (QED) is 0.730. The van der Waals surface area contributed by atoms with Crippen molar-refractivity contribution >= 4 is 15.8 Å². The second-order valence-corrected chi connectivity index (χ2v) is 6.85. The normalized spacial score (nSPS) is 14.1. The van der Waals surface area contributed by atoms with Crippen molar-refractivity contribution in [3.05, 3.63) is 0 Å². The van der Waals surface area contributed by atoms with E-state index in [9.17, 15) is 13.2 Å². The Hall–Kier alpha value is -0.580. The van der Waals surface area contributed by atoms with Crippen LogP contribution in [-0.4, -0.2) is 30.5 Å². The molecule has 1 unspecified atom stereocenters. The third kappa shape index (κ3) is 6.49. The molecule has 0 saturated carbocycles. The molecule has 1 atom stereocenters. The molecule has 0 saturated heterocycles. The molecule has 0 fully saturated rings. The summed E-state index contributed by atoms with van der Waals surface area (Å²) in [6, 6.07) is 0. The van der Waals surface area contributed by atoms with Gasteiger partial charge in [0.2, 0.25) is 0 Å². The molecule has 0 rings (SSSR count). The van der Waals surface area contributed by atoms with Crippen LogP contribution in [0.3, 0.4) is 0 Å². The number of carboxylic acids is 1. The topological polar surface area (TPSA) is 71.4 Å². The number of hydrogen-bond acceptors (Lipinski definition) is 3. The van der Waals surface area contributed by atoms with Crippen LogP contribution in [0.1, 0.15) is 40.0 Å². The Bertz CT molecular complexity index is 293. The Morgan fingerprint density at radius 3 is 2.20 bits per heavy atom. The number of carbonyl (C=O) groups is 1. The maximum Gasteiger partial charge on any atom is 0.304 e. The minimum Gasteiger partial charge on any atom is -0.481 e. The molecule has 0 aromatic rings. The first-order valence-corrected chi connectivity index (χ1v) is 6.90. The summed E-state index contributed by atoms with van der Waals surface area (Å²) in [6.45, 7) is 5.53. The number of carboxylic acid groups (broad SMARTS) is 1. The summed E-state index contributed by atoms with van der Waals surface area (Å²) in [5.74, 6) is -0.482. The van der Waals surface area contributed by atoms with Crippen LogP contribution in [0.4, 0.5) is 0 Å². The molecule has 0 aromatic carbocycles. The smallest absolute Gasteiger partial charge is 0.304 e. The van der Waals surface area contributed by atoms with Gasteiger partial charge < -0.3 is 5.11 Å². The van der Waals surface area contributed by atoms with Gasteiger partial charge in [-0.05, 0) is 19.3 Å². The summed E-state index contributed by atoms with van der Waals surface area (Å²) in [6.07, 6.45) is 1.17. The lowest BCUT2D eigenvalue weighted by molar-refractivity contribution is -0.136. The molecule has 0 amide bonds. The molecule has 0 radical (unpaired) electrons. The van der Waals surface area contributed by atoms with E-state index in [1.807, 2.05) is 13.8 Å². The second-order valence-electron chi connectivity index (χ2n) is 4.31. The number of hydrogen-bond donors (Lipinski definition) is 1. The molecule has 90 valence electrons. The Labute approximate surface area is 91.6 Å². The SMILES string of the molecule is CC(C)CCCS(=O)(=O)C(C)CC(=O)O. The van der Waals surface area contributed by atoms with Gasteiger partial charge in [0.05, 0.1) is 17.4 Å². The first-order chi connectivity index (χ1) is 6.75. The van der Waals surface area contributed by atoms with E-state index in [4.69, 9.17) is 5.11 Å². The van der Waals surface area contributed by atoms with E-state index in [0.717, 1.165) is 6.42 Å². The van der Waals surface area contributed by atoms with E-state index in [2.05, 4.69) is 0 Å². The van der Waals surface area contributed by atoms with E-state index < -0.39 is 21.1 Å². The molecule has 1 N–H and O–H groups in total. The molecule has 15 heavy (non-hydrogen) atoms. The van der Waals surface area contributed by atoms with Gasteiger partial charge in [-0.2, -0.15) is 0 Å². The standard InChI is InChI=1S/C10H20O4S/c1-8(2)5-4-6-15(13,14)9(3)7-10(11)12/h8-9H,4-7H2,1-3H3,(H,11,12). The largest absolute Gasteiger partial charge is 0.481 e. The third-order valence-electron chi connectivity index (χ3n) is 2.29. The van der Waals surface area contributed by atoms with Crippen molar-refractivity contribution in [3.8, 4) is 0 Å². The summed E-state index contributed by atoms with van der Waals surface area (Å²) in [7, 11) is -3.23. The fourth-order valence-electron chi connectivity index (χ4n) is 1.27. The van der Waals surface area contributed by atoms with E-state index in [-0.39, 0.29) is 12.2 Å². The summed E-state index contributed by atoms with van der Waals surface area (Å²) < 4.78 is 23.2. The molecule has 0 aromatic heterocycles. The van der Waals surface area contributed by atoms with E-state index >= 15 is 0 Å². The third-order valence-corrected chi connectivity index (χ3v) is 4.54. The molecule has 0 aliphatic carbocycles. The monoisotopic (exact) mass is 236 g/mol. The van der Waals surface area contributed by atoms with Gasteiger partial charge in [-0.15, -0.1) is 0 Å². The summed E-state index contributed by atoms with van der Waals surface area (Å²) in [5, 5.41) is 7.72. The highest BCUT2D eigenvalue weighted by Gasteiger charge is 2.22. The highest BCUT2D eigenvalue weighted by Crippen LogP contribution is 2.11. The molecule has 0 aliphatic rings. The molecule has 4 nitrogen and oxygen atoms in total. The Morgan fingerprint density at radius 1 is 1.27 bits per heavy atom.